The zero-order valence-electron chi connectivity index (χ0n) is 20.7. The van der Waals surface area contributed by atoms with Crippen LogP contribution in [-0.2, 0) is 16.1 Å². The SMILES string of the molecule is CC.CC1CCC(c2ccc(O/C=C/C=O)cc2)CC1.COCc1cc([N+](=O)[O-])cc([N+](=O)[O-])c1. The Morgan fingerprint density at radius 3 is 1.94 bits per heavy atom. The number of allylic oxidation sites excluding steroid dienone is 1. The Bertz CT molecular complexity index is 934. The summed E-state index contributed by atoms with van der Waals surface area (Å²) in [4.78, 5) is 29.7. The number of non-ortho nitro benzene ring substituents is 2. The first kappa shape index (κ1) is 29.4. The molecule has 0 bridgehead atoms. The Morgan fingerprint density at radius 1 is 0.943 bits per heavy atom. The molecule has 2 aromatic rings. The lowest BCUT2D eigenvalue weighted by molar-refractivity contribution is -0.394. The third-order valence-corrected chi connectivity index (χ3v) is 5.42. The summed E-state index contributed by atoms with van der Waals surface area (Å²) in [5.41, 5.74) is 1.19. The van der Waals surface area contributed by atoms with Gasteiger partial charge in [-0.3, -0.25) is 25.0 Å². The Morgan fingerprint density at radius 2 is 1.49 bits per heavy atom. The molecule has 2 aromatic carbocycles. The van der Waals surface area contributed by atoms with Crippen LogP contribution in [-0.4, -0.2) is 23.2 Å². The van der Waals surface area contributed by atoms with Crippen molar-refractivity contribution in [3.63, 3.8) is 0 Å². The Labute approximate surface area is 206 Å². The van der Waals surface area contributed by atoms with Crippen LogP contribution in [0.3, 0.4) is 0 Å². The molecule has 0 spiro atoms. The summed E-state index contributed by atoms with van der Waals surface area (Å²) in [6, 6.07) is 11.6. The van der Waals surface area contributed by atoms with E-state index in [1.54, 1.807) is 0 Å². The van der Waals surface area contributed by atoms with E-state index < -0.39 is 9.85 Å². The van der Waals surface area contributed by atoms with E-state index in [1.807, 2.05) is 26.0 Å². The smallest absolute Gasteiger partial charge is 0.276 e. The quantitative estimate of drug-likeness (QED) is 0.133. The van der Waals surface area contributed by atoms with Crippen molar-refractivity contribution in [3.05, 3.63) is 86.2 Å². The van der Waals surface area contributed by atoms with Gasteiger partial charge in [0.25, 0.3) is 11.4 Å². The van der Waals surface area contributed by atoms with Gasteiger partial charge >= 0.3 is 0 Å². The van der Waals surface area contributed by atoms with Crippen molar-refractivity contribution in [1.82, 2.24) is 0 Å². The van der Waals surface area contributed by atoms with Gasteiger partial charge in [0.2, 0.25) is 0 Å². The van der Waals surface area contributed by atoms with Gasteiger partial charge in [-0.05, 0) is 47.9 Å². The molecule has 1 saturated carbocycles. The molecule has 190 valence electrons. The van der Waals surface area contributed by atoms with Gasteiger partial charge < -0.3 is 9.47 Å². The van der Waals surface area contributed by atoms with Crippen LogP contribution in [0.2, 0.25) is 0 Å². The second kappa shape index (κ2) is 16.1. The number of nitro benzene ring substituents is 2. The number of methoxy groups -OCH3 is 1. The van der Waals surface area contributed by atoms with E-state index in [2.05, 4.69) is 19.1 Å². The minimum absolute atomic E-state index is 0.0997. The first-order valence-electron chi connectivity index (χ1n) is 11.6. The molecule has 0 aliphatic heterocycles. The number of benzene rings is 2. The van der Waals surface area contributed by atoms with E-state index in [0.717, 1.165) is 17.7 Å². The van der Waals surface area contributed by atoms with Gasteiger partial charge in [0.05, 0.1) is 28.8 Å². The number of hydrogen-bond acceptors (Lipinski definition) is 7. The number of aldehydes is 1. The zero-order chi connectivity index (χ0) is 26.2. The van der Waals surface area contributed by atoms with Crippen LogP contribution in [0, 0.1) is 26.1 Å². The van der Waals surface area contributed by atoms with Gasteiger partial charge in [0.15, 0.2) is 0 Å². The molecule has 1 aliphatic rings. The average Bonchev–Trinajstić information content (AvgIpc) is 2.87. The highest BCUT2D eigenvalue weighted by atomic mass is 16.6. The van der Waals surface area contributed by atoms with Crippen LogP contribution in [0.4, 0.5) is 11.4 Å². The van der Waals surface area contributed by atoms with Crippen molar-refractivity contribution < 1.29 is 24.1 Å². The predicted octanol–water partition coefficient (Wildman–Crippen LogP) is 6.75. The van der Waals surface area contributed by atoms with E-state index >= 15 is 0 Å². The van der Waals surface area contributed by atoms with Crippen LogP contribution in [0.25, 0.3) is 0 Å². The first-order valence-corrected chi connectivity index (χ1v) is 11.6. The van der Waals surface area contributed by atoms with Crippen LogP contribution < -0.4 is 4.74 Å². The van der Waals surface area contributed by atoms with E-state index in [4.69, 9.17) is 9.47 Å². The lowest BCUT2D eigenvalue weighted by atomic mass is 9.79. The number of ether oxygens (including phenoxy) is 2. The van der Waals surface area contributed by atoms with Gasteiger partial charge in [-0.1, -0.05) is 45.7 Å². The molecular formula is C26H34N2O7. The van der Waals surface area contributed by atoms with Crippen LogP contribution in [0.15, 0.2) is 54.8 Å². The number of rotatable bonds is 8. The summed E-state index contributed by atoms with van der Waals surface area (Å²) < 4.78 is 10.0. The largest absolute Gasteiger partial charge is 0.465 e. The molecule has 1 aliphatic carbocycles. The van der Waals surface area contributed by atoms with E-state index in [1.165, 1.54) is 62.8 Å². The molecule has 0 heterocycles. The first-order chi connectivity index (χ1) is 16.8. The van der Waals surface area contributed by atoms with Crippen molar-refractivity contribution >= 4 is 17.7 Å². The molecule has 3 rings (SSSR count). The number of hydrogen-bond donors (Lipinski definition) is 0. The molecule has 35 heavy (non-hydrogen) atoms. The maximum Gasteiger partial charge on any atom is 0.276 e. The summed E-state index contributed by atoms with van der Waals surface area (Å²) >= 11 is 0. The molecule has 9 heteroatoms. The Kier molecular flexibility index (Phi) is 13.5. The van der Waals surface area contributed by atoms with Crippen LogP contribution in [0.5, 0.6) is 5.75 Å². The van der Waals surface area contributed by atoms with Gasteiger partial charge in [0.1, 0.15) is 12.0 Å². The highest BCUT2D eigenvalue weighted by molar-refractivity contribution is 5.64. The number of nitrogens with zero attached hydrogens (tertiary/aromatic N) is 2. The van der Waals surface area contributed by atoms with E-state index in [-0.39, 0.29) is 18.0 Å². The fraction of sp³-hybridized carbons (Fsp3) is 0.423. The molecule has 0 radical (unpaired) electrons. The molecule has 9 nitrogen and oxygen atoms in total. The lowest BCUT2D eigenvalue weighted by Gasteiger charge is -2.26. The fourth-order valence-corrected chi connectivity index (χ4v) is 3.68. The molecule has 1 fully saturated rings. The molecule has 0 amide bonds. The molecule has 0 saturated heterocycles. The third-order valence-electron chi connectivity index (χ3n) is 5.42. The normalized spacial score (nSPS) is 16.8. The molecule has 0 unspecified atom stereocenters. The van der Waals surface area contributed by atoms with E-state index in [9.17, 15) is 25.0 Å². The van der Waals surface area contributed by atoms with Gasteiger partial charge in [0, 0.05) is 25.3 Å². The summed E-state index contributed by atoms with van der Waals surface area (Å²) in [7, 11) is 1.41. The third kappa shape index (κ3) is 10.5. The fourth-order valence-electron chi connectivity index (χ4n) is 3.68. The van der Waals surface area contributed by atoms with Crippen molar-refractivity contribution in [1.29, 1.82) is 0 Å². The molecule has 0 atom stereocenters. The standard InChI is InChI=1S/C16H20O2.C8H8N2O5.C2H6/c1-13-3-5-14(6-4-13)15-7-9-16(10-8-15)18-12-2-11-17;1-15-5-6-2-7(9(11)12)4-8(3-6)10(13)14;1-2/h2,7-14H,3-6H2,1H3;2-4H,5H2,1H3;1-2H3/b12-2+;;. The average molecular weight is 487 g/mol. The second-order valence-electron chi connectivity index (χ2n) is 7.91. The lowest BCUT2D eigenvalue weighted by Crippen LogP contribution is -2.10. The molecule has 0 N–H and O–H groups in total. The van der Waals surface area contributed by atoms with Crippen LogP contribution in [0.1, 0.15) is 63.5 Å². The zero-order valence-corrected chi connectivity index (χ0v) is 20.7. The van der Waals surface area contributed by atoms with Gasteiger partial charge in [-0.15, -0.1) is 0 Å². The summed E-state index contributed by atoms with van der Waals surface area (Å²) in [6.45, 7) is 6.44. The van der Waals surface area contributed by atoms with Gasteiger partial charge in [-0.25, -0.2) is 0 Å². The molecule has 0 aromatic heterocycles. The van der Waals surface area contributed by atoms with Crippen molar-refractivity contribution in [2.75, 3.05) is 7.11 Å². The Balaban J connectivity index is 0.000000332. The Hall–Kier alpha value is -3.59. The minimum atomic E-state index is -0.674. The summed E-state index contributed by atoms with van der Waals surface area (Å²) in [5.74, 6) is 2.37. The van der Waals surface area contributed by atoms with Crippen LogP contribution >= 0.6 is 0 Å². The van der Waals surface area contributed by atoms with E-state index in [0.29, 0.717) is 17.8 Å². The predicted molar refractivity (Wildman–Crippen MR) is 134 cm³/mol. The van der Waals surface area contributed by atoms with Crippen molar-refractivity contribution in [3.8, 4) is 5.75 Å². The topological polar surface area (TPSA) is 122 Å². The number of carbonyl (C=O) groups excluding carboxylic acids is 1. The number of carbonyl (C=O) groups is 1. The summed E-state index contributed by atoms with van der Waals surface area (Å²) in [5, 5.41) is 20.9. The maximum atomic E-state index is 10.5. The minimum Gasteiger partial charge on any atom is -0.465 e. The molecular weight excluding hydrogens is 452 g/mol. The monoisotopic (exact) mass is 486 g/mol. The maximum absolute atomic E-state index is 10.5. The van der Waals surface area contributed by atoms with Gasteiger partial charge in [-0.2, -0.15) is 0 Å². The van der Waals surface area contributed by atoms with Crippen molar-refractivity contribution in [2.45, 2.75) is 59.0 Å². The summed E-state index contributed by atoms with van der Waals surface area (Å²) in [6.07, 6.45) is 8.73. The second-order valence-corrected chi connectivity index (χ2v) is 7.91. The highest BCUT2D eigenvalue weighted by Gasteiger charge is 2.19. The van der Waals surface area contributed by atoms with Crippen molar-refractivity contribution in [2.24, 2.45) is 5.92 Å². The highest BCUT2D eigenvalue weighted by Crippen LogP contribution is 2.35. The number of nitro groups is 2.